The number of fused-ring (bicyclic) bond motifs is 1. The third-order valence-corrected chi connectivity index (χ3v) is 5.66. The number of halogens is 3. The largest absolute Gasteiger partial charge is 0.464 e. The topological polar surface area (TPSA) is 40.5 Å². The minimum Gasteiger partial charge on any atom is -0.464 e. The third-order valence-electron chi connectivity index (χ3n) is 4.65. The lowest BCUT2D eigenvalue weighted by Crippen LogP contribution is -2.12. The summed E-state index contributed by atoms with van der Waals surface area (Å²) in [7, 11) is 1.35. The number of aromatic nitrogens is 1. The molecule has 0 bridgehead atoms. The minimum absolute atomic E-state index is 0.313. The maximum absolute atomic E-state index is 12.8. The molecule has 0 amide bonds. The molecule has 0 fully saturated rings. The van der Waals surface area contributed by atoms with Crippen molar-refractivity contribution in [2.24, 2.45) is 0 Å². The summed E-state index contributed by atoms with van der Waals surface area (Å²) in [5.74, 6) is 0.493. The number of nitrogens with zero attached hydrogens (tertiary/aromatic N) is 1. The molecule has 1 aromatic heterocycles. The second kappa shape index (κ2) is 8.72. The van der Waals surface area contributed by atoms with E-state index in [9.17, 15) is 4.79 Å². The average Bonchev–Trinajstić information content (AvgIpc) is 3.03. The van der Waals surface area contributed by atoms with Crippen LogP contribution in [0.15, 0.2) is 71.2 Å². The fraction of sp³-hybridized carbons (Fsp3) is 0.0870. The van der Waals surface area contributed by atoms with Crippen LogP contribution in [0, 0.1) is 0 Å². The minimum atomic E-state index is -0.497. The summed E-state index contributed by atoms with van der Waals surface area (Å²) in [6.07, 6.45) is 0. The quantitative estimate of drug-likeness (QED) is 0.267. The van der Waals surface area contributed by atoms with Gasteiger partial charge in [-0.3, -0.25) is 0 Å². The average molecular weight is 505 g/mol. The number of hydrogen-bond donors (Lipinski definition) is 0. The molecule has 0 saturated heterocycles. The van der Waals surface area contributed by atoms with E-state index in [1.54, 1.807) is 12.1 Å². The van der Waals surface area contributed by atoms with Gasteiger partial charge in [0, 0.05) is 26.4 Å². The van der Waals surface area contributed by atoms with Crippen LogP contribution in [0.2, 0.25) is 10.0 Å². The number of ether oxygens (including phenoxy) is 2. The molecule has 4 aromatic rings. The van der Waals surface area contributed by atoms with E-state index in [1.807, 2.05) is 59.2 Å². The molecule has 0 aliphatic rings. The molecule has 0 saturated carbocycles. The molecular formula is C23H16BrCl2NO3. The van der Waals surface area contributed by atoms with Crippen molar-refractivity contribution in [3.8, 4) is 11.5 Å². The van der Waals surface area contributed by atoms with Gasteiger partial charge in [0.15, 0.2) is 11.4 Å². The van der Waals surface area contributed by atoms with Crippen LogP contribution in [0.25, 0.3) is 10.9 Å². The highest BCUT2D eigenvalue weighted by Gasteiger charge is 2.26. The van der Waals surface area contributed by atoms with Crippen LogP contribution in [0.3, 0.4) is 0 Å². The maximum Gasteiger partial charge on any atom is 0.358 e. The van der Waals surface area contributed by atoms with Gasteiger partial charge in [0.05, 0.1) is 12.6 Å². The predicted octanol–water partition coefficient (Wildman–Crippen LogP) is 7.34. The van der Waals surface area contributed by atoms with Crippen molar-refractivity contribution in [2.45, 2.75) is 6.54 Å². The van der Waals surface area contributed by atoms with Crippen LogP contribution >= 0.6 is 39.1 Å². The van der Waals surface area contributed by atoms with E-state index in [0.717, 1.165) is 20.9 Å². The first-order valence-corrected chi connectivity index (χ1v) is 10.6. The Balaban J connectivity index is 1.91. The summed E-state index contributed by atoms with van der Waals surface area (Å²) in [4.78, 5) is 12.8. The molecule has 0 spiro atoms. The molecule has 1 heterocycles. The van der Waals surface area contributed by atoms with Crippen LogP contribution in [-0.4, -0.2) is 17.6 Å². The van der Waals surface area contributed by atoms with E-state index in [-0.39, 0.29) is 0 Å². The van der Waals surface area contributed by atoms with Gasteiger partial charge >= 0.3 is 5.97 Å². The van der Waals surface area contributed by atoms with Gasteiger partial charge in [0.25, 0.3) is 0 Å². The third kappa shape index (κ3) is 4.19. The molecule has 4 rings (SSSR count). The van der Waals surface area contributed by atoms with Crippen LogP contribution < -0.4 is 4.74 Å². The Morgan fingerprint density at radius 1 is 0.967 bits per heavy atom. The Morgan fingerprint density at radius 2 is 1.63 bits per heavy atom. The Kier molecular flexibility index (Phi) is 6.04. The number of rotatable bonds is 5. The van der Waals surface area contributed by atoms with E-state index in [2.05, 4.69) is 15.9 Å². The normalized spacial score (nSPS) is 10.9. The number of carbonyl (C=O) groups is 1. The molecule has 152 valence electrons. The van der Waals surface area contributed by atoms with Crippen LogP contribution in [0.4, 0.5) is 0 Å². The first-order valence-electron chi connectivity index (χ1n) is 9.04. The van der Waals surface area contributed by atoms with Gasteiger partial charge in [-0.1, -0.05) is 51.3 Å². The highest BCUT2D eigenvalue weighted by atomic mass is 79.9. The first-order chi connectivity index (χ1) is 14.5. The molecule has 7 heteroatoms. The second-order valence-electron chi connectivity index (χ2n) is 6.60. The van der Waals surface area contributed by atoms with Crippen molar-refractivity contribution in [1.29, 1.82) is 0 Å². The van der Waals surface area contributed by atoms with Crippen LogP contribution in [-0.2, 0) is 11.3 Å². The molecule has 4 nitrogen and oxygen atoms in total. The summed E-state index contributed by atoms with van der Waals surface area (Å²) in [6.45, 7) is 0.434. The predicted molar refractivity (Wildman–Crippen MR) is 123 cm³/mol. The smallest absolute Gasteiger partial charge is 0.358 e. The SMILES string of the molecule is COC(=O)c1c(Oc2ccc(Br)cc2)c2cc(Cl)ccc2n1Cc1ccc(Cl)cc1. The van der Waals surface area contributed by atoms with E-state index in [4.69, 9.17) is 32.7 Å². The first kappa shape index (κ1) is 20.8. The zero-order valence-corrected chi connectivity index (χ0v) is 19.0. The Labute approximate surface area is 192 Å². The molecule has 0 aliphatic carbocycles. The molecule has 0 aliphatic heterocycles. The molecular weight excluding hydrogens is 489 g/mol. The molecule has 0 radical (unpaired) electrons. The molecule has 30 heavy (non-hydrogen) atoms. The van der Waals surface area contributed by atoms with Crippen molar-refractivity contribution in [3.05, 3.63) is 92.5 Å². The zero-order chi connectivity index (χ0) is 21.3. The van der Waals surface area contributed by atoms with Crippen molar-refractivity contribution in [1.82, 2.24) is 4.57 Å². The lowest BCUT2D eigenvalue weighted by molar-refractivity contribution is 0.0586. The number of hydrogen-bond acceptors (Lipinski definition) is 3. The fourth-order valence-electron chi connectivity index (χ4n) is 3.26. The lowest BCUT2D eigenvalue weighted by Gasteiger charge is -2.11. The van der Waals surface area contributed by atoms with Gasteiger partial charge in [-0.25, -0.2) is 4.79 Å². The van der Waals surface area contributed by atoms with E-state index >= 15 is 0 Å². The molecule has 0 atom stereocenters. The van der Waals surface area contributed by atoms with Crippen molar-refractivity contribution < 1.29 is 14.3 Å². The zero-order valence-electron chi connectivity index (χ0n) is 15.9. The highest BCUT2D eigenvalue weighted by molar-refractivity contribution is 9.10. The Hall–Kier alpha value is -2.47. The highest BCUT2D eigenvalue weighted by Crippen LogP contribution is 2.39. The fourth-order valence-corrected chi connectivity index (χ4v) is 3.82. The summed E-state index contributed by atoms with van der Waals surface area (Å²) >= 11 is 15.7. The summed E-state index contributed by atoms with van der Waals surface area (Å²) in [5.41, 5.74) is 2.10. The van der Waals surface area contributed by atoms with Crippen molar-refractivity contribution >= 4 is 56.0 Å². The van der Waals surface area contributed by atoms with Crippen LogP contribution in [0.5, 0.6) is 11.5 Å². The van der Waals surface area contributed by atoms with Gasteiger partial charge in [0.2, 0.25) is 0 Å². The van der Waals surface area contributed by atoms with Crippen molar-refractivity contribution in [2.75, 3.05) is 7.11 Å². The van der Waals surface area contributed by atoms with Gasteiger partial charge in [-0.15, -0.1) is 0 Å². The van der Waals surface area contributed by atoms with E-state index in [1.165, 1.54) is 7.11 Å². The number of benzene rings is 3. The van der Waals surface area contributed by atoms with Gasteiger partial charge in [-0.2, -0.15) is 0 Å². The standard InChI is InChI=1S/C23H16BrCl2NO3/c1-29-23(28)21-22(30-18-9-4-15(24)5-10-18)19-12-17(26)8-11-20(19)27(21)13-14-2-6-16(25)7-3-14/h2-12H,13H2,1H3. The number of methoxy groups -OCH3 is 1. The van der Waals surface area contributed by atoms with Crippen molar-refractivity contribution in [3.63, 3.8) is 0 Å². The lowest BCUT2D eigenvalue weighted by atomic mass is 10.2. The number of esters is 1. The maximum atomic E-state index is 12.8. The molecule has 0 unspecified atom stereocenters. The monoisotopic (exact) mass is 503 g/mol. The van der Waals surface area contributed by atoms with Gasteiger partial charge in [-0.05, 0) is 60.2 Å². The second-order valence-corrected chi connectivity index (χ2v) is 8.39. The Morgan fingerprint density at radius 3 is 2.30 bits per heavy atom. The van der Waals surface area contributed by atoms with E-state index in [0.29, 0.717) is 33.8 Å². The molecule has 0 N–H and O–H groups in total. The van der Waals surface area contributed by atoms with E-state index < -0.39 is 5.97 Å². The molecule has 3 aromatic carbocycles. The van der Waals surface area contributed by atoms with Gasteiger partial charge < -0.3 is 14.0 Å². The number of carbonyl (C=O) groups excluding carboxylic acids is 1. The summed E-state index contributed by atoms with van der Waals surface area (Å²) in [6, 6.07) is 20.3. The Bertz CT molecular complexity index is 1220. The van der Waals surface area contributed by atoms with Crippen LogP contribution in [0.1, 0.15) is 16.1 Å². The summed E-state index contributed by atoms with van der Waals surface area (Å²) in [5, 5.41) is 1.92. The van der Waals surface area contributed by atoms with Gasteiger partial charge in [0.1, 0.15) is 5.75 Å². The summed E-state index contributed by atoms with van der Waals surface area (Å²) < 4.78 is 14.1.